The van der Waals surface area contributed by atoms with E-state index in [1.165, 1.54) is 21.3 Å². The Kier molecular flexibility index (Phi) is 30.4. The fourth-order valence-electron chi connectivity index (χ4n) is 3.96. The summed E-state index contributed by atoms with van der Waals surface area (Å²) in [5.74, 6) is -2.21. The Labute approximate surface area is 289 Å². The van der Waals surface area contributed by atoms with Gasteiger partial charge in [0.25, 0.3) is 0 Å². The van der Waals surface area contributed by atoms with E-state index in [1.807, 2.05) is 0 Å². The minimum Gasteiger partial charge on any atom is -0.481 e. The van der Waals surface area contributed by atoms with Gasteiger partial charge in [-0.1, -0.05) is 0 Å². The summed E-state index contributed by atoms with van der Waals surface area (Å²) in [6, 6.07) is 0. The molecule has 17 heteroatoms. The van der Waals surface area contributed by atoms with Gasteiger partial charge in [-0.3, -0.25) is 24.0 Å². The zero-order valence-corrected chi connectivity index (χ0v) is 29.4. The number of carbonyl (C=O) groups excluding carboxylic acids is 4. The van der Waals surface area contributed by atoms with Crippen LogP contribution in [-0.4, -0.2) is 154 Å². The largest absolute Gasteiger partial charge is 0.481 e. The highest BCUT2D eigenvalue weighted by molar-refractivity contribution is 5.77. The van der Waals surface area contributed by atoms with Crippen LogP contribution in [0.3, 0.4) is 0 Å². The van der Waals surface area contributed by atoms with Crippen LogP contribution >= 0.6 is 0 Å². The van der Waals surface area contributed by atoms with E-state index in [-0.39, 0.29) is 95.6 Å². The van der Waals surface area contributed by atoms with Crippen LogP contribution in [0.1, 0.15) is 57.8 Å². The summed E-state index contributed by atoms with van der Waals surface area (Å²) >= 11 is 0. The molecule has 0 aliphatic heterocycles. The third-order valence-electron chi connectivity index (χ3n) is 6.58. The molecular weight excluding hydrogens is 652 g/mol. The van der Waals surface area contributed by atoms with Crippen molar-refractivity contribution < 1.29 is 71.7 Å². The van der Waals surface area contributed by atoms with Gasteiger partial charge in [-0.25, -0.2) is 0 Å². The van der Waals surface area contributed by atoms with E-state index in [0.29, 0.717) is 78.4 Å². The number of hydrogen-bond donors (Lipinski definition) is 3. The summed E-state index contributed by atoms with van der Waals surface area (Å²) in [6.45, 7) is 3.73. The molecule has 0 aliphatic carbocycles. The van der Waals surface area contributed by atoms with Crippen LogP contribution in [0.15, 0.2) is 0 Å². The average Bonchev–Trinajstić information content (AvgIpc) is 3.09. The Hall–Kier alpha value is -2.93. The first kappa shape index (κ1) is 46.1. The quantitative estimate of drug-likeness (QED) is 0.0468. The Bertz CT molecular complexity index is 812. The second kappa shape index (κ2) is 32.3. The van der Waals surface area contributed by atoms with E-state index in [4.69, 9.17) is 33.5 Å². The number of nitrogens with one attached hydrogen (secondary N) is 2. The highest BCUT2D eigenvalue weighted by atomic mass is 16.5. The number of esters is 3. The molecular formula is C32H58N2O15. The maximum absolute atomic E-state index is 13.1. The number of ether oxygens (including phenoxy) is 9. The number of carboxylic acids is 1. The predicted molar refractivity (Wildman–Crippen MR) is 174 cm³/mol. The van der Waals surface area contributed by atoms with Gasteiger partial charge in [-0.15, -0.1) is 0 Å². The molecule has 1 amide bonds. The first-order valence-electron chi connectivity index (χ1n) is 16.6. The first-order valence-corrected chi connectivity index (χ1v) is 16.6. The van der Waals surface area contributed by atoms with E-state index >= 15 is 0 Å². The van der Waals surface area contributed by atoms with Crippen molar-refractivity contribution >= 4 is 29.8 Å². The Balaban J connectivity index is 5.17. The van der Waals surface area contributed by atoms with Crippen LogP contribution in [0.4, 0.5) is 0 Å². The lowest BCUT2D eigenvalue weighted by atomic mass is 10.0. The molecule has 0 bridgehead atoms. The SMILES string of the molecule is COC(=O)CCOCCCOCC(COCCCOCCC(=O)OC)(COCCCOCCC(=O)OC)NC(=O)CCCNCCC(=O)O. The Morgan fingerprint density at radius 1 is 0.490 bits per heavy atom. The van der Waals surface area contributed by atoms with Gasteiger partial charge in [0.05, 0.1) is 86.7 Å². The number of carbonyl (C=O) groups is 5. The lowest BCUT2D eigenvalue weighted by molar-refractivity contribution is -0.142. The van der Waals surface area contributed by atoms with Crippen molar-refractivity contribution in [1.82, 2.24) is 10.6 Å². The zero-order chi connectivity index (χ0) is 36.4. The van der Waals surface area contributed by atoms with Crippen LogP contribution in [0.2, 0.25) is 0 Å². The number of methoxy groups -OCH3 is 3. The molecule has 0 spiro atoms. The second-order valence-corrected chi connectivity index (χ2v) is 10.9. The third kappa shape index (κ3) is 29.7. The van der Waals surface area contributed by atoms with Gasteiger partial charge in [-0.2, -0.15) is 0 Å². The number of carboxylic acid groups (broad SMARTS) is 1. The number of aliphatic carboxylic acids is 1. The summed E-state index contributed by atoms with van der Waals surface area (Å²) in [5.41, 5.74) is -1.04. The van der Waals surface area contributed by atoms with Gasteiger partial charge in [0, 0.05) is 52.6 Å². The number of rotatable bonds is 35. The second-order valence-electron chi connectivity index (χ2n) is 10.9. The van der Waals surface area contributed by atoms with Crippen molar-refractivity contribution in [3.05, 3.63) is 0 Å². The van der Waals surface area contributed by atoms with Crippen LogP contribution < -0.4 is 10.6 Å². The third-order valence-corrected chi connectivity index (χ3v) is 6.58. The molecule has 0 atom stereocenters. The molecule has 0 unspecified atom stereocenters. The van der Waals surface area contributed by atoms with Gasteiger partial charge in [-0.05, 0) is 32.2 Å². The van der Waals surface area contributed by atoms with E-state index in [1.54, 1.807) is 0 Å². The Morgan fingerprint density at radius 2 is 0.878 bits per heavy atom. The fraction of sp³-hybridized carbons (Fsp3) is 0.844. The van der Waals surface area contributed by atoms with Gasteiger partial charge < -0.3 is 58.4 Å². The van der Waals surface area contributed by atoms with E-state index in [2.05, 4.69) is 24.8 Å². The highest BCUT2D eigenvalue weighted by Gasteiger charge is 2.33. The number of amides is 1. The molecule has 17 nitrogen and oxygen atoms in total. The van der Waals surface area contributed by atoms with Crippen molar-refractivity contribution in [2.45, 2.75) is 63.3 Å². The maximum atomic E-state index is 13.1. The van der Waals surface area contributed by atoms with E-state index in [0.717, 1.165) is 0 Å². The molecule has 0 fully saturated rings. The van der Waals surface area contributed by atoms with Crippen LogP contribution in [0.25, 0.3) is 0 Å². The molecule has 0 radical (unpaired) electrons. The summed E-state index contributed by atoms with van der Waals surface area (Å²) in [7, 11) is 3.95. The van der Waals surface area contributed by atoms with Gasteiger partial charge in [0.2, 0.25) is 5.91 Å². The smallest absolute Gasteiger partial charge is 0.307 e. The summed E-state index contributed by atoms with van der Waals surface area (Å²) < 4.78 is 48.0. The molecule has 286 valence electrons. The summed E-state index contributed by atoms with van der Waals surface area (Å²) in [6.07, 6.45) is 2.75. The number of hydrogen-bond acceptors (Lipinski definition) is 15. The van der Waals surface area contributed by atoms with Crippen molar-refractivity contribution in [3.63, 3.8) is 0 Å². The van der Waals surface area contributed by atoms with Crippen molar-refractivity contribution in [3.8, 4) is 0 Å². The molecule has 49 heavy (non-hydrogen) atoms. The van der Waals surface area contributed by atoms with Gasteiger partial charge >= 0.3 is 23.9 Å². The summed E-state index contributed by atoms with van der Waals surface area (Å²) in [4.78, 5) is 57.5. The molecule has 0 aromatic rings. The predicted octanol–water partition coefficient (Wildman–Crippen LogP) is 0.645. The van der Waals surface area contributed by atoms with E-state index in [9.17, 15) is 24.0 Å². The molecule has 0 aliphatic rings. The highest BCUT2D eigenvalue weighted by Crippen LogP contribution is 2.12. The van der Waals surface area contributed by atoms with Gasteiger partial charge in [0.1, 0.15) is 5.54 Å². The minimum absolute atomic E-state index is 0.00964. The van der Waals surface area contributed by atoms with Gasteiger partial charge in [0.15, 0.2) is 0 Å². The Morgan fingerprint density at radius 3 is 1.24 bits per heavy atom. The maximum Gasteiger partial charge on any atom is 0.307 e. The van der Waals surface area contributed by atoms with Crippen LogP contribution in [0.5, 0.6) is 0 Å². The lowest BCUT2D eigenvalue weighted by Crippen LogP contribution is -2.58. The molecule has 0 heterocycles. The average molecular weight is 711 g/mol. The standard InChI is InChI=1S/C32H58N2O15/c1-41-29(38)10-21-44-15-5-18-47-24-32(25-48-19-6-16-45-22-11-30(39)42-2,26-49-20-7-17-46-23-12-31(40)43-3)34-27(35)8-4-13-33-14-9-28(36)37/h33H,4-26H2,1-3H3,(H,34,35)(H,36,37). The molecule has 0 aromatic carbocycles. The molecule has 0 saturated heterocycles. The van der Waals surface area contributed by atoms with E-state index < -0.39 is 11.5 Å². The first-order chi connectivity index (χ1) is 23.7. The zero-order valence-electron chi connectivity index (χ0n) is 29.4. The normalized spacial score (nSPS) is 11.2. The van der Waals surface area contributed by atoms with Crippen molar-refractivity contribution in [2.24, 2.45) is 0 Å². The molecule has 3 N–H and O–H groups in total. The summed E-state index contributed by atoms with van der Waals surface area (Å²) in [5, 5.41) is 14.8. The monoisotopic (exact) mass is 710 g/mol. The van der Waals surface area contributed by atoms with Crippen LogP contribution in [-0.2, 0) is 66.6 Å². The fourth-order valence-corrected chi connectivity index (χ4v) is 3.96. The molecule has 0 aromatic heterocycles. The molecule has 0 rings (SSSR count). The minimum atomic E-state index is -1.04. The van der Waals surface area contributed by atoms with Crippen molar-refractivity contribution in [2.75, 3.05) is 114 Å². The molecule has 0 saturated carbocycles. The lowest BCUT2D eigenvalue weighted by Gasteiger charge is -2.34. The van der Waals surface area contributed by atoms with Crippen molar-refractivity contribution in [1.29, 1.82) is 0 Å². The van der Waals surface area contributed by atoms with Crippen LogP contribution in [0, 0.1) is 0 Å². The topological polar surface area (TPSA) is 213 Å².